The van der Waals surface area contributed by atoms with Gasteiger partial charge >= 0.3 is 0 Å². The second-order valence-electron chi connectivity index (χ2n) is 6.36. The number of fused-ring (bicyclic) bond motifs is 1. The highest BCUT2D eigenvalue weighted by atomic mass is 16.1. The van der Waals surface area contributed by atoms with E-state index in [1.807, 2.05) is 37.5 Å². The Hall–Kier alpha value is -4.07. The lowest BCUT2D eigenvalue weighted by Crippen LogP contribution is -2.15. The molecule has 28 heavy (non-hydrogen) atoms. The Balaban J connectivity index is 1.85. The Morgan fingerprint density at radius 3 is 2.39 bits per heavy atom. The van der Waals surface area contributed by atoms with Gasteiger partial charge in [0.1, 0.15) is 5.52 Å². The predicted molar refractivity (Wildman–Crippen MR) is 104 cm³/mol. The van der Waals surface area contributed by atoms with E-state index < -0.39 is 0 Å². The molecule has 0 unspecified atom stereocenters. The molecule has 0 spiro atoms. The summed E-state index contributed by atoms with van der Waals surface area (Å²) < 4.78 is 3.41. The molecule has 136 valence electrons. The summed E-state index contributed by atoms with van der Waals surface area (Å²) in [5, 5.41) is 4.61. The van der Waals surface area contributed by atoms with Crippen LogP contribution in [-0.4, -0.2) is 34.1 Å². The number of aromatic nitrogens is 7. The van der Waals surface area contributed by atoms with E-state index in [2.05, 4.69) is 25.0 Å². The average molecular weight is 369 g/mol. The molecule has 0 aromatic carbocycles. The molecule has 0 aliphatic carbocycles. The fourth-order valence-electron chi connectivity index (χ4n) is 3.33. The van der Waals surface area contributed by atoms with Gasteiger partial charge in [-0.1, -0.05) is 12.1 Å². The molecule has 8 heteroatoms. The molecule has 0 aliphatic heterocycles. The number of hydrogen-bond acceptors (Lipinski definition) is 5. The number of rotatable bonds is 3. The number of hydrogen-bond donors (Lipinski definition) is 1. The number of nitrogens with zero attached hydrogens (tertiary/aromatic N) is 6. The Labute approximate surface area is 159 Å². The first-order valence-electron chi connectivity index (χ1n) is 8.66. The molecule has 5 aromatic rings. The number of nitrogens with one attached hydrogen (secondary N) is 1. The maximum absolute atomic E-state index is 13.1. The van der Waals surface area contributed by atoms with Crippen LogP contribution < -0.4 is 5.56 Å². The highest BCUT2D eigenvalue weighted by molar-refractivity contribution is 5.93. The lowest BCUT2D eigenvalue weighted by atomic mass is 10.0. The van der Waals surface area contributed by atoms with Crippen LogP contribution >= 0.6 is 0 Å². The van der Waals surface area contributed by atoms with E-state index >= 15 is 0 Å². The summed E-state index contributed by atoms with van der Waals surface area (Å²) in [5.41, 5.74) is 3.55. The van der Waals surface area contributed by atoms with E-state index in [1.165, 1.54) is 0 Å². The zero-order valence-electron chi connectivity index (χ0n) is 14.9. The zero-order valence-corrected chi connectivity index (χ0v) is 14.9. The third-order valence-electron chi connectivity index (χ3n) is 4.60. The zero-order chi connectivity index (χ0) is 19.1. The van der Waals surface area contributed by atoms with Crippen molar-refractivity contribution in [3.05, 3.63) is 78.0 Å². The minimum atomic E-state index is -0.248. The highest BCUT2D eigenvalue weighted by Gasteiger charge is 2.20. The van der Waals surface area contributed by atoms with Crippen LogP contribution in [-0.2, 0) is 7.05 Å². The lowest BCUT2D eigenvalue weighted by molar-refractivity contribution is 0.851. The van der Waals surface area contributed by atoms with Crippen LogP contribution in [0.2, 0.25) is 0 Å². The monoisotopic (exact) mass is 369 g/mol. The molecule has 0 fully saturated rings. The maximum atomic E-state index is 13.1. The minimum absolute atomic E-state index is 0.248. The summed E-state index contributed by atoms with van der Waals surface area (Å²) in [5.74, 6) is 0.981. The first-order valence-corrected chi connectivity index (χ1v) is 8.66. The molecule has 1 N–H and O–H groups in total. The largest absolute Gasteiger partial charge is 0.331 e. The Morgan fingerprint density at radius 2 is 1.75 bits per heavy atom. The Kier molecular flexibility index (Phi) is 3.61. The number of aromatic amines is 1. The molecule has 0 aliphatic rings. The molecule has 8 nitrogen and oxygen atoms in total. The molecular formula is C20H15N7O. The van der Waals surface area contributed by atoms with Crippen molar-refractivity contribution < 1.29 is 0 Å². The summed E-state index contributed by atoms with van der Waals surface area (Å²) in [7, 11) is 1.85. The molecular weight excluding hydrogens is 354 g/mol. The van der Waals surface area contributed by atoms with E-state index in [9.17, 15) is 4.79 Å². The average Bonchev–Trinajstić information content (AvgIpc) is 3.33. The number of pyridine rings is 2. The van der Waals surface area contributed by atoms with Gasteiger partial charge in [0.2, 0.25) is 0 Å². The summed E-state index contributed by atoms with van der Waals surface area (Å²) >= 11 is 0. The van der Waals surface area contributed by atoms with Crippen LogP contribution in [0.4, 0.5) is 0 Å². The van der Waals surface area contributed by atoms with Crippen molar-refractivity contribution in [3.8, 4) is 33.9 Å². The fraction of sp³-hybridized carbons (Fsp3) is 0.0500. The van der Waals surface area contributed by atoms with Crippen molar-refractivity contribution in [2.75, 3.05) is 0 Å². The number of imidazole rings is 1. The first kappa shape index (κ1) is 16.1. The first-order chi connectivity index (χ1) is 13.7. The summed E-state index contributed by atoms with van der Waals surface area (Å²) in [4.78, 5) is 28.6. The van der Waals surface area contributed by atoms with Crippen LogP contribution in [0.25, 0.3) is 39.4 Å². The predicted octanol–water partition coefficient (Wildman–Crippen LogP) is 2.55. The van der Waals surface area contributed by atoms with Crippen molar-refractivity contribution in [2.45, 2.75) is 0 Å². The molecule has 5 heterocycles. The quantitative estimate of drug-likeness (QED) is 0.527. The lowest BCUT2D eigenvalue weighted by Gasteiger charge is -2.05. The standard InChI is InChI=1S/C20H15N7O/c1-26-9-8-23-19(26)18-24-20(28)17-16(14-5-3-7-22-11-14)15(12-27(17)25-18)13-4-2-6-21-10-13/h2-12H,1H3,(H,24,25,28). The van der Waals surface area contributed by atoms with Gasteiger partial charge in [-0.2, -0.15) is 0 Å². The smallest absolute Gasteiger partial charge is 0.276 e. The molecule has 0 bridgehead atoms. The molecule has 5 aromatic heterocycles. The van der Waals surface area contributed by atoms with Crippen LogP contribution in [0.5, 0.6) is 0 Å². The molecule has 0 radical (unpaired) electrons. The van der Waals surface area contributed by atoms with E-state index in [-0.39, 0.29) is 5.56 Å². The topological polar surface area (TPSA) is 93.8 Å². The summed E-state index contributed by atoms with van der Waals surface area (Å²) in [6.07, 6.45) is 12.2. The normalized spacial score (nSPS) is 11.2. The van der Waals surface area contributed by atoms with Crippen molar-refractivity contribution in [2.24, 2.45) is 7.05 Å². The molecule has 0 saturated carbocycles. The van der Waals surface area contributed by atoms with Crippen LogP contribution in [0, 0.1) is 0 Å². The number of H-pyrrole nitrogens is 1. The maximum Gasteiger partial charge on any atom is 0.276 e. The number of aryl methyl sites for hydroxylation is 1. The van der Waals surface area contributed by atoms with Gasteiger partial charge in [0, 0.05) is 72.7 Å². The van der Waals surface area contributed by atoms with E-state index in [0.717, 1.165) is 22.3 Å². The minimum Gasteiger partial charge on any atom is -0.331 e. The molecule has 0 saturated heterocycles. The van der Waals surface area contributed by atoms with Gasteiger partial charge in [0.25, 0.3) is 5.56 Å². The van der Waals surface area contributed by atoms with Crippen LogP contribution in [0.1, 0.15) is 0 Å². The third-order valence-corrected chi connectivity index (χ3v) is 4.60. The molecule has 5 rings (SSSR count). The van der Waals surface area contributed by atoms with Crippen molar-refractivity contribution in [1.82, 2.24) is 34.1 Å². The van der Waals surface area contributed by atoms with Gasteiger partial charge in [0.05, 0.1) is 0 Å². The summed E-state index contributed by atoms with van der Waals surface area (Å²) in [6, 6.07) is 7.58. The van der Waals surface area contributed by atoms with Gasteiger partial charge in [0.15, 0.2) is 11.6 Å². The van der Waals surface area contributed by atoms with E-state index in [4.69, 9.17) is 0 Å². The fourth-order valence-corrected chi connectivity index (χ4v) is 3.33. The van der Waals surface area contributed by atoms with E-state index in [1.54, 1.807) is 46.3 Å². The van der Waals surface area contributed by atoms with Crippen molar-refractivity contribution in [3.63, 3.8) is 0 Å². The molecule has 0 atom stereocenters. The Morgan fingerprint density at radius 1 is 1.00 bits per heavy atom. The second kappa shape index (κ2) is 6.27. The third kappa shape index (κ3) is 2.50. The van der Waals surface area contributed by atoms with Crippen molar-refractivity contribution >= 4 is 5.52 Å². The van der Waals surface area contributed by atoms with Gasteiger partial charge in [-0.05, 0) is 12.1 Å². The van der Waals surface area contributed by atoms with E-state index in [0.29, 0.717) is 17.2 Å². The molecule has 0 amide bonds. The van der Waals surface area contributed by atoms with Gasteiger partial charge in [-0.15, -0.1) is 5.10 Å². The second-order valence-corrected chi connectivity index (χ2v) is 6.36. The van der Waals surface area contributed by atoms with Crippen molar-refractivity contribution in [1.29, 1.82) is 0 Å². The van der Waals surface area contributed by atoms with Gasteiger partial charge in [-0.25, -0.2) is 9.50 Å². The SMILES string of the molecule is Cn1ccnc1-c1nn2cc(-c3cccnc3)c(-c3cccnc3)c2c(=O)[nH]1. The van der Waals surface area contributed by atoms with Crippen LogP contribution in [0.3, 0.4) is 0 Å². The summed E-state index contributed by atoms with van der Waals surface area (Å²) in [6.45, 7) is 0. The highest BCUT2D eigenvalue weighted by Crippen LogP contribution is 2.35. The van der Waals surface area contributed by atoms with Gasteiger partial charge < -0.3 is 9.55 Å². The van der Waals surface area contributed by atoms with Crippen LogP contribution in [0.15, 0.2) is 72.4 Å². The van der Waals surface area contributed by atoms with Gasteiger partial charge in [-0.3, -0.25) is 14.8 Å². The Bertz CT molecular complexity index is 1330.